The minimum absolute atomic E-state index is 0.0901. The number of allylic oxidation sites excluding steroid dienone is 10. The van der Waals surface area contributed by atoms with Crippen molar-refractivity contribution in [2.24, 2.45) is 0 Å². The molecule has 0 N–H and O–H groups in total. The molecule has 1 atom stereocenters. The van der Waals surface area contributed by atoms with E-state index >= 15 is 0 Å². The lowest BCUT2D eigenvalue weighted by molar-refractivity contribution is -0.167. The summed E-state index contributed by atoms with van der Waals surface area (Å²) < 4.78 is 16.8. The minimum Gasteiger partial charge on any atom is -0.462 e. The van der Waals surface area contributed by atoms with E-state index in [9.17, 15) is 14.4 Å². The average molecular weight is 881 g/mol. The number of ether oxygens (including phenoxy) is 3. The first kappa shape index (κ1) is 60.1. The van der Waals surface area contributed by atoms with Gasteiger partial charge in [0.25, 0.3) is 0 Å². The smallest absolute Gasteiger partial charge is 0.306 e. The predicted octanol–water partition coefficient (Wildman–Crippen LogP) is 17.6. The maximum Gasteiger partial charge on any atom is 0.306 e. The highest BCUT2D eigenvalue weighted by atomic mass is 16.6. The van der Waals surface area contributed by atoms with Crippen molar-refractivity contribution in [2.45, 2.75) is 271 Å². The van der Waals surface area contributed by atoms with Gasteiger partial charge >= 0.3 is 17.9 Å². The number of esters is 3. The zero-order valence-electron chi connectivity index (χ0n) is 41.6. The van der Waals surface area contributed by atoms with Crippen LogP contribution in [0.4, 0.5) is 0 Å². The molecular formula is C57H100O6. The van der Waals surface area contributed by atoms with Crippen LogP contribution in [-0.4, -0.2) is 37.2 Å². The van der Waals surface area contributed by atoms with E-state index < -0.39 is 6.10 Å². The highest BCUT2D eigenvalue weighted by Gasteiger charge is 2.19. The average Bonchev–Trinajstić information content (AvgIpc) is 3.28. The summed E-state index contributed by atoms with van der Waals surface area (Å²) in [5, 5.41) is 0. The molecule has 0 radical (unpaired) electrons. The summed E-state index contributed by atoms with van der Waals surface area (Å²) in [4.78, 5) is 38.0. The highest BCUT2D eigenvalue weighted by Crippen LogP contribution is 2.15. The van der Waals surface area contributed by atoms with Gasteiger partial charge < -0.3 is 14.2 Å². The lowest BCUT2D eigenvalue weighted by Crippen LogP contribution is -2.30. The first-order valence-electron chi connectivity index (χ1n) is 26.8. The van der Waals surface area contributed by atoms with Crippen LogP contribution in [0.1, 0.15) is 265 Å². The Morgan fingerprint density at radius 2 is 0.619 bits per heavy atom. The van der Waals surface area contributed by atoms with Crippen molar-refractivity contribution in [2.75, 3.05) is 13.2 Å². The van der Waals surface area contributed by atoms with Gasteiger partial charge in [-0.25, -0.2) is 0 Å². The number of unbranched alkanes of at least 4 members (excludes halogenated alkanes) is 27. The summed E-state index contributed by atoms with van der Waals surface area (Å²) in [6.45, 7) is 6.50. The van der Waals surface area contributed by atoms with E-state index in [1.165, 1.54) is 141 Å². The maximum atomic E-state index is 12.8. The van der Waals surface area contributed by atoms with Crippen LogP contribution < -0.4 is 0 Å². The Bertz CT molecular complexity index is 1150. The molecule has 0 aliphatic heterocycles. The number of rotatable bonds is 48. The first-order valence-corrected chi connectivity index (χ1v) is 26.8. The fourth-order valence-electron chi connectivity index (χ4n) is 7.49. The Kier molecular flexibility index (Phi) is 49.4. The summed E-state index contributed by atoms with van der Waals surface area (Å²) >= 11 is 0. The Balaban J connectivity index is 4.42. The number of carbonyl (C=O) groups is 3. The fraction of sp³-hybridized carbons (Fsp3) is 0.772. The van der Waals surface area contributed by atoms with Crippen LogP contribution in [0.25, 0.3) is 0 Å². The summed E-state index contributed by atoms with van der Waals surface area (Å²) in [5.41, 5.74) is 0. The molecular weight excluding hydrogens is 781 g/mol. The molecule has 0 aliphatic rings. The standard InChI is InChI=1S/C57H100O6/c1-4-7-10-13-16-19-22-25-27-28-30-32-35-38-41-44-47-50-56(59)62-53-54(52-61-55(58)49-46-43-40-37-34-31-24-21-18-15-12-9-6-3)63-57(60)51-48-45-42-39-36-33-29-26-23-20-17-14-11-8-5-2/h8,11,17,20,25-27,29,36,39,54H,4-7,9-10,12-16,18-19,21-24,28,30-35,37-38,40-53H2,1-3H3/b11-8-,20-17-,27-25-,29-26-,39-36-/t54-/m1/s1. The third kappa shape index (κ3) is 50.0. The number of carbonyl (C=O) groups excluding carboxylic acids is 3. The molecule has 0 saturated heterocycles. The van der Waals surface area contributed by atoms with Gasteiger partial charge in [-0.05, 0) is 83.5 Å². The maximum absolute atomic E-state index is 12.8. The molecule has 0 rings (SSSR count). The van der Waals surface area contributed by atoms with Crippen LogP contribution in [0.3, 0.4) is 0 Å². The van der Waals surface area contributed by atoms with Crippen LogP contribution in [0.2, 0.25) is 0 Å². The van der Waals surface area contributed by atoms with Gasteiger partial charge in [0.05, 0.1) is 0 Å². The number of hydrogen-bond acceptors (Lipinski definition) is 6. The van der Waals surface area contributed by atoms with Crippen molar-refractivity contribution < 1.29 is 28.6 Å². The summed E-state index contributed by atoms with van der Waals surface area (Å²) in [6.07, 6.45) is 63.5. The van der Waals surface area contributed by atoms with Crippen molar-refractivity contribution in [1.82, 2.24) is 0 Å². The van der Waals surface area contributed by atoms with E-state index in [0.717, 1.165) is 77.0 Å². The molecule has 0 aliphatic carbocycles. The molecule has 364 valence electrons. The zero-order valence-corrected chi connectivity index (χ0v) is 41.6. The Morgan fingerprint density at radius 1 is 0.333 bits per heavy atom. The van der Waals surface area contributed by atoms with Gasteiger partial charge in [0.2, 0.25) is 0 Å². The summed E-state index contributed by atoms with van der Waals surface area (Å²) in [7, 11) is 0. The van der Waals surface area contributed by atoms with E-state index in [1.54, 1.807) is 0 Å². The first-order chi connectivity index (χ1) is 31.0. The zero-order chi connectivity index (χ0) is 45.8. The van der Waals surface area contributed by atoms with Crippen molar-refractivity contribution >= 4 is 17.9 Å². The van der Waals surface area contributed by atoms with Crippen LogP contribution in [-0.2, 0) is 28.6 Å². The van der Waals surface area contributed by atoms with Crippen molar-refractivity contribution in [1.29, 1.82) is 0 Å². The molecule has 63 heavy (non-hydrogen) atoms. The van der Waals surface area contributed by atoms with Gasteiger partial charge in [-0.15, -0.1) is 0 Å². The Morgan fingerprint density at radius 3 is 1.02 bits per heavy atom. The molecule has 0 saturated carbocycles. The number of hydrogen-bond donors (Lipinski definition) is 0. The second kappa shape index (κ2) is 51.7. The molecule has 0 fully saturated rings. The molecule has 0 bridgehead atoms. The molecule has 6 nitrogen and oxygen atoms in total. The monoisotopic (exact) mass is 881 g/mol. The van der Waals surface area contributed by atoms with Gasteiger partial charge in [0.15, 0.2) is 6.10 Å². The normalized spacial score (nSPS) is 12.5. The second-order valence-corrected chi connectivity index (χ2v) is 17.8. The van der Waals surface area contributed by atoms with E-state index in [-0.39, 0.29) is 37.5 Å². The molecule has 0 heterocycles. The van der Waals surface area contributed by atoms with Gasteiger partial charge in [-0.2, -0.15) is 0 Å². The third-order valence-electron chi connectivity index (χ3n) is 11.5. The van der Waals surface area contributed by atoms with Gasteiger partial charge in [-0.3, -0.25) is 14.4 Å². The summed E-state index contributed by atoms with van der Waals surface area (Å²) in [6, 6.07) is 0. The lowest BCUT2D eigenvalue weighted by Gasteiger charge is -2.18. The van der Waals surface area contributed by atoms with Crippen molar-refractivity contribution in [3.63, 3.8) is 0 Å². The quantitative estimate of drug-likeness (QED) is 0.0262. The summed E-state index contributed by atoms with van der Waals surface area (Å²) in [5.74, 6) is -0.929. The van der Waals surface area contributed by atoms with E-state index in [1.807, 2.05) is 0 Å². The van der Waals surface area contributed by atoms with Crippen molar-refractivity contribution in [3.05, 3.63) is 60.8 Å². The fourth-order valence-corrected chi connectivity index (χ4v) is 7.49. The van der Waals surface area contributed by atoms with Crippen molar-refractivity contribution in [3.8, 4) is 0 Å². The Labute approximate surface area is 390 Å². The van der Waals surface area contributed by atoms with Gasteiger partial charge in [0, 0.05) is 19.3 Å². The predicted molar refractivity (Wildman–Crippen MR) is 270 cm³/mol. The van der Waals surface area contributed by atoms with E-state index in [0.29, 0.717) is 19.3 Å². The Hall–Kier alpha value is -2.89. The molecule has 0 spiro atoms. The molecule has 0 aromatic rings. The van der Waals surface area contributed by atoms with Gasteiger partial charge in [0.1, 0.15) is 13.2 Å². The van der Waals surface area contributed by atoms with E-state index in [4.69, 9.17) is 14.2 Å². The van der Waals surface area contributed by atoms with Crippen LogP contribution in [0, 0.1) is 0 Å². The third-order valence-corrected chi connectivity index (χ3v) is 11.5. The molecule has 0 aromatic carbocycles. The molecule has 0 amide bonds. The van der Waals surface area contributed by atoms with Crippen LogP contribution in [0.5, 0.6) is 0 Å². The van der Waals surface area contributed by atoms with E-state index in [2.05, 4.69) is 81.5 Å². The van der Waals surface area contributed by atoms with Gasteiger partial charge in [-0.1, -0.05) is 223 Å². The molecule has 0 unspecified atom stereocenters. The van der Waals surface area contributed by atoms with Crippen LogP contribution in [0.15, 0.2) is 60.8 Å². The lowest BCUT2D eigenvalue weighted by atomic mass is 10.0. The minimum atomic E-state index is -0.795. The second-order valence-electron chi connectivity index (χ2n) is 17.8. The SMILES string of the molecule is CC/C=C\C/C=C\C/C=C\C/C=C\CCCCC(=O)O[C@@H](COC(=O)CCCCCCCCC/C=C\CCCCCCCC)COC(=O)CCCCCCCCCCCCCCC. The molecule has 0 aromatic heterocycles. The topological polar surface area (TPSA) is 78.9 Å². The largest absolute Gasteiger partial charge is 0.462 e. The molecule has 6 heteroatoms. The van der Waals surface area contributed by atoms with Crippen LogP contribution >= 0.6 is 0 Å². The highest BCUT2D eigenvalue weighted by molar-refractivity contribution is 5.71.